The summed E-state index contributed by atoms with van der Waals surface area (Å²) in [5.41, 5.74) is 1.21. The van der Waals surface area contributed by atoms with Crippen molar-refractivity contribution in [3.05, 3.63) is 72.9 Å². The Hall–Kier alpha value is -1.68. The van der Waals surface area contributed by atoms with E-state index in [0.717, 1.165) is 45.3 Å². The van der Waals surface area contributed by atoms with Crippen molar-refractivity contribution in [3.63, 3.8) is 0 Å². The second kappa shape index (κ2) is 10.6. The van der Waals surface area contributed by atoms with Crippen LogP contribution < -0.4 is 0 Å². The zero-order valence-electron chi connectivity index (χ0n) is 16.2. The third-order valence-corrected chi connectivity index (χ3v) is 5.54. The van der Waals surface area contributed by atoms with Crippen LogP contribution in [0, 0.1) is 11.8 Å². The van der Waals surface area contributed by atoms with Gasteiger partial charge in [-0.3, -0.25) is 0 Å². The summed E-state index contributed by atoms with van der Waals surface area (Å²) in [6.45, 7) is 6.60. The molecular weight excluding hydrogens is 336 g/mol. The van der Waals surface area contributed by atoms with Crippen LogP contribution >= 0.6 is 0 Å². The van der Waals surface area contributed by atoms with Gasteiger partial charge in [-0.1, -0.05) is 67.3 Å². The number of ether oxygens (including phenoxy) is 3. The first-order valence-electron chi connectivity index (χ1n) is 10.2. The highest BCUT2D eigenvalue weighted by Gasteiger charge is 2.43. The smallest absolute Gasteiger partial charge is 0.168 e. The van der Waals surface area contributed by atoms with E-state index in [0.29, 0.717) is 25.0 Å². The molecular formula is C24H32O3. The van der Waals surface area contributed by atoms with Crippen molar-refractivity contribution in [1.82, 2.24) is 0 Å². The predicted molar refractivity (Wildman–Crippen MR) is 109 cm³/mol. The largest absolute Gasteiger partial charge is 0.373 e. The van der Waals surface area contributed by atoms with Crippen molar-refractivity contribution in [2.45, 2.75) is 44.5 Å². The third-order valence-electron chi connectivity index (χ3n) is 5.54. The van der Waals surface area contributed by atoms with Crippen molar-refractivity contribution >= 4 is 0 Å². The molecule has 2 fully saturated rings. The molecule has 1 saturated carbocycles. The molecule has 146 valence electrons. The SMILES string of the molecule is C=C/C=C/[C@H]1CCC2(C[C@@H]1CC/C=C\COCc1ccccc1)OCCO2. The lowest BCUT2D eigenvalue weighted by molar-refractivity contribution is -0.192. The number of hydrogen-bond acceptors (Lipinski definition) is 3. The van der Waals surface area contributed by atoms with E-state index in [1.54, 1.807) is 0 Å². The molecule has 1 aliphatic carbocycles. The molecule has 3 rings (SSSR count). The molecule has 0 N–H and O–H groups in total. The van der Waals surface area contributed by atoms with E-state index in [-0.39, 0.29) is 5.79 Å². The van der Waals surface area contributed by atoms with E-state index in [1.807, 2.05) is 24.3 Å². The molecule has 1 aliphatic heterocycles. The van der Waals surface area contributed by atoms with Gasteiger partial charge >= 0.3 is 0 Å². The Labute approximate surface area is 163 Å². The summed E-state index contributed by atoms with van der Waals surface area (Å²) < 4.78 is 17.6. The Bertz CT molecular complexity index is 614. The standard InChI is InChI=1S/C24H32O3/c1-2-3-12-22-14-15-24(26-17-18-27-24)19-23(22)13-8-5-9-16-25-20-21-10-6-4-7-11-21/h2-7,9-12,22-23H,1,8,13-20H2/b9-5-,12-3+/t22-,23-/m0/s1. The molecule has 1 saturated heterocycles. The van der Waals surface area contributed by atoms with Crippen LogP contribution in [0.5, 0.6) is 0 Å². The molecule has 3 nitrogen and oxygen atoms in total. The van der Waals surface area contributed by atoms with Crippen molar-refractivity contribution < 1.29 is 14.2 Å². The minimum atomic E-state index is -0.314. The highest BCUT2D eigenvalue weighted by atomic mass is 16.7. The van der Waals surface area contributed by atoms with Gasteiger partial charge in [-0.15, -0.1) is 0 Å². The van der Waals surface area contributed by atoms with Gasteiger partial charge in [-0.2, -0.15) is 0 Å². The normalized spacial score (nSPS) is 24.9. The van der Waals surface area contributed by atoms with Crippen LogP contribution in [0.15, 0.2) is 67.3 Å². The Morgan fingerprint density at radius 2 is 1.96 bits per heavy atom. The molecule has 0 bridgehead atoms. The third kappa shape index (κ3) is 6.17. The monoisotopic (exact) mass is 368 g/mol. The maximum Gasteiger partial charge on any atom is 0.168 e. The Morgan fingerprint density at radius 1 is 1.15 bits per heavy atom. The number of allylic oxidation sites excluding steroid dienone is 4. The van der Waals surface area contributed by atoms with Gasteiger partial charge in [0.25, 0.3) is 0 Å². The zero-order valence-corrected chi connectivity index (χ0v) is 16.2. The summed E-state index contributed by atoms with van der Waals surface area (Å²) in [6, 6.07) is 10.3. The molecule has 1 spiro atoms. The van der Waals surface area contributed by atoms with Crippen LogP contribution in [0.1, 0.15) is 37.7 Å². The van der Waals surface area contributed by atoms with Crippen LogP contribution in [0.25, 0.3) is 0 Å². The highest BCUT2D eigenvalue weighted by Crippen LogP contribution is 2.44. The summed E-state index contributed by atoms with van der Waals surface area (Å²) in [4.78, 5) is 0. The first-order valence-corrected chi connectivity index (χ1v) is 10.2. The van der Waals surface area contributed by atoms with Crippen molar-refractivity contribution in [3.8, 4) is 0 Å². The summed E-state index contributed by atoms with van der Waals surface area (Å²) >= 11 is 0. The van der Waals surface area contributed by atoms with E-state index in [4.69, 9.17) is 14.2 Å². The van der Waals surface area contributed by atoms with Crippen molar-refractivity contribution in [2.75, 3.05) is 19.8 Å². The fourth-order valence-electron chi connectivity index (χ4n) is 4.14. The molecule has 27 heavy (non-hydrogen) atoms. The summed E-state index contributed by atoms with van der Waals surface area (Å²) in [5.74, 6) is 0.859. The molecule has 1 heterocycles. The average molecular weight is 369 g/mol. The molecule has 2 atom stereocenters. The minimum Gasteiger partial charge on any atom is -0.373 e. The van der Waals surface area contributed by atoms with Gasteiger partial charge < -0.3 is 14.2 Å². The predicted octanol–water partition coefficient (Wildman–Crippen LogP) is 5.44. The lowest BCUT2D eigenvalue weighted by Gasteiger charge is -2.40. The fraction of sp³-hybridized carbons (Fsp3) is 0.500. The Morgan fingerprint density at radius 3 is 2.74 bits per heavy atom. The Balaban J connectivity index is 1.42. The molecule has 0 unspecified atom stereocenters. The molecule has 1 aromatic rings. The van der Waals surface area contributed by atoms with Gasteiger partial charge in [-0.25, -0.2) is 0 Å². The van der Waals surface area contributed by atoms with E-state index < -0.39 is 0 Å². The Kier molecular flexibility index (Phi) is 7.88. The van der Waals surface area contributed by atoms with Crippen LogP contribution in [-0.4, -0.2) is 25.6 Å². The van der Waals surface area contributed by atoms with Gasteiger partial charge in [0.2, 0.25) is 0 Å². The minimum absolute atomic E-state index is 0.314. The van der Waals surface area contributed by atoms with Crippen LogP contribution in [0.2, 0.25) is 0 Å². The first-order chi connectivity index (χ1) is 13.3. The van der Waals surface area contributed by atoms with E-state index >= 15 is 0 Å². The zero-order chi connectivity index (χ0) is 18.8. The van der Waals surface area contributed by atoms with Crippen LogP contribution in [-0.2, 0) is 20.8 Å². The molecule has 3 heteroatoms. The van der Waals surface area contributed by atoms with Gasteiger partial charge in [-0.05, 0) is 36.7 Å². The molecule has 0 radical (unpaired) electrons. The molecule has 2 aliphatic rings. The maximum atomic E-state index is 5.96. The van der Waals surface area contributed by atoms with Crippen LogP contribution in [0.3, 0.4) is 0 Å². The second-order valence-corrected chi connectivity index (χ2v) is 7.44. The van der Waals surface area contributed by atoms with Gasteiger partial charge in [0.05, 0.1) is 26.4 Å². The fourth-order valence-corrected chi connectivity index (χ4v) is 4.14. The number of hydrogen-bond donors (Lipinski definition) is 0. The molecule has 1 aromatic carbocycles. The number of benzene rings is 1. The van der Waals surface area contributed by atoms with E-state index in [1.165, 1.54) is 5.56 Å². The van der Waals surface area contributed by atoms with Gasteiger partial charge in [0.1, 0.15) is 0 Å². The van der Waals surface area contributed by atoms with Crippen molar-refractivity contribution in [1.29, 1.82) is 0 Å². The summed E-state index contributed by atoms with van der Waals surface area (Å²) in [5, 5.41) is 0. The highest BCUT2D eigenvalue weighted by molar-refractivity contribution is 5.13. The topological polar surface area (TPSA) is 27.7 Å². The average Bonchev–Trinajstić information content (AvgIpc) is 3.15. The summed E-state index contributed by atoms with van der Waals surface area (Å²) in [6.07, 6.45) is 16.0. The molecule has 0 amide bonds. The quantitative estimate of drug-likeness (QED) is 0.330. The second-order valence-electron chi connectivity index (χ2n) is 7.44. The van der Waals surface area contributed by atoms with Gasteiger partial charge in [0.15, 0.2) is 5.79 Å². The van der Waals surface area contributed by atoms with E-state index in [9.17, 15) is 0 Å². The van der Waals surface area contributed by atoms with E-state index in [2.05, 4.69) is 43.0 Å². The van der Waals surface area contributed by atoms with Gasteiger partial charge in [0, 0.05) is 12.8 Å². The van der Waals surface area contributed by atoms with Crippen LogP contribution in [0.4, 0.5) is 0 Å². The van der Waals surface area contributed by atoms with Crippen molar-refractivity contribution in [2.24, 2.45) is 11.8 Å². The molecule has 0 aromatic heterocycles. The lowest BCUT2D eigenvalue weighted by atomic mass is 9.74. The summed E-state index contributed by atoms with van der Waals surface area (Å²) in [7, 11) is 0. The maximum absolute atomic E-state index is 5.96. The lowest BCUT2D eigenvalue weighted by Crippen LogP contribution is -2.39. The number of rotatable bonds is 9. The first kappa shape index (κ1) is 20.1.